The van der Waals surface area contributed by atoms with Crippen molar-refractivity contribution >= 4 is 16.8 Å². The van der Waals surface area contributed by atoms with Crippen molar-refractivity contribution in [1.82, 2.24) is 14.7 Å². The third kappa shape index (κ3) is 4.44. The smallest absolute Gasteiger partial charge is 0.278 e. The monoisotopic (exact) mass is 397 g/mol. The van der Waals surface area contributed by atoms with Crippen LogP contribution in [0, 0.1) is 0 Å². The van der Waals surface area contributed by atoms with E-state index in [0.717, 1.165) is 11.3 Å². The Morgan fingerprint density at radius 2 is 1.72 bits per heavy atom. The summed E-state index contributed by atoms with van der Waals surface area (Å²) in [5.41, 5.74) is 0.824. The number of methoxy groups -OCH3 is 1. The van der Waals surface area contributed by atoms with Crippen molar-refractivity contribution in [3.8, 4) is 5.75 Å². The molecular weight excluding hydrogens is 374 g/mol. The minimum Gasteiger partial charge on any atom is -0.497 e. The first-order valence-corrected chi connectivity index (χ1v) is 9.22. The van der Waals surface area contributed by atoms with Gasteiger partial charge in [0.05, 0.1) is 32.4 Å². The first-order valence-electron chi connectivity index (χ1n) is 9.22. The third-order valence-electron chi connectivity index (χ3n) is 4.58. The van der Waals surface area contributed by atoms with E-state index in [1.54, 1.807) is 36.1 Å². The molecule has 2 N–H and O–H groups in total. The number of fused-ring (bicyclic) bond motifs is 1. The fourth-order valence-corrected chi connectivity index (χ4v) is 3.11. The topological polar surface area (TPSA) is 105 Å². The van der Waals surface area contributed by atoms with Crippen LogP contribution in [0.1, 0.15) is 16.1 Å². The van der Waals surface area contributed by atoms with Crippen molar-refractivity contribution in [2.45, 2.75) is 6.54 Å². The van der Waals surface area contributed by atoms with Crippen LogP contribution in [0.15, 0.2) is 53.3 Å². The zero-order valence-corrected chi connectivity index (χ0v) is 16.1. The van der Waals surface area contributed by atoms with Gasteiger partial charge in [-0.25, -0.2) is 0 Å². The van der Waals surface area contributed by atoms with Crippen LogP contribution >= 0.6 is 0 Å². The molecule has 3 rings (SSSR count). The Balaban J connectivity index is 2.08. The Morgan fingerprint density at radius 1 is 1.07 bits per heavy atom. The Kier molecular flexibility index (Phi) is 6.58. The van der Waals surface area contributed by atoms with Gasteiger partial charge in [-0.1, -0.05) is 24.3 Å². The molecule has 3 aromatic rings. The summed E-state index contributed by atoms with van der Waals surface area (Å²) in [6.07, 6.45) is 0. The van der Waals surface area contributed by atoms with Crippen LogP contribution in [-0.2, 0) is 6.54 Å². The van der Waals surface area contributed by atoms with Crippen LogP contribution in [0.4, 0.5) is 0 Å². The molecule has 0 aliphatic rings. The van der Waals surface area contributed by atoms with E-state index in [1.807, 2.05) is 24.3 Å². The van der Waals surface area contributed by atoms with Crippen LogP contribution in [0.25, 0.3) is 10.9 Å². The molecule has 0 saturated heterocycles. The normalized spacial score (nSPS) is 10.9. The molecule has 2 aromatic carbocycles. The van der Waals surface area contributed by atoms with Crippen LogP contribution in [0.5, 0.6) is 5.75 Å². The summed E-state index contributed by atoms with van der Waals surface area (Å²) < 4.78 is 6.79. The van der Waals surface area contributed by atoms with E-state index in [4.69, 9.17) is 4.74 Å². The minimum atomic E-state index is -0.618. The highest BCUT2D eigenvalue weighted by Crippen LogP contribution is 2.15. The van der Waals surface area contributed by atoms with Crippen molar-refractivity contribution < 1.29 is 19.7 Å². The van der Waals surface area contributed by atoms with E-state index in [1.165, 1.54) is 4.90 Å². The number of rotatable bonds is 8. The Hall–Kier alpha value is -3.23. The van der Waals surface area contributed by atoms with Gasteiger partial charge in [0.25, 0.3) is 5.91 Å². The number of ether oxygens (including phenoxy) is 1. The first kappa shape index (κ1) is 20.5. The molecule has 0 bridgehead atoms. The maximum atomic E-state index is 12.9. The van der Waals surface area contributed by atoms with Gasteiger partial charge in [-0.3, -0.25) is 14.3 Å². The molecule has 1 aromatic heterocycles. The summed E-state index contributed by atoms with van der Waals surface area (Å²) in [6.45, 7) is -0.193. The molecule has 8 heteroatoms. The van der Waals surface area contributed by atoms with Gasteiger partial charge in [0.15, 0.2) is 5.69 Å². The van der Waals surface area contributed by atoms with Crippen LogP contribution in [-0.4, -0.2) is 64.2 Å². The summed E-state index contributed by atoms with van der Waals surface area (Å²) in [7, 11) is 1.59. The van der Waals surface area contributed by atoms with Gasteiger partial charge in [0.2, 0.25) is 5.43 Å². The maximum Gasteiger partial charge on any atom is 0.278 e. The van der Waals surface area contributed by atoms with Crippen molar-refractivity contribution in [3.05, 3.63) is 70.0 Å². The number of para-hydroxylation sites is 1. The van der Waals surface area contributed by atoms with Gasteiger partial charge in [-0.2, -0.15) is 5.10 Å². The van der Waals surface area contributed by atoms with Crippen LogP contribution < -0.4 is 10.2 Å². The number of amides is 1. The number of benzene rings is 2. The van der Waals surface area contributed by atoms with Gasteiger partial charge in [0.1, 0.15) is 5.75 Å². The molecule has 0 aliphatic carbocycles. The number of aromatic nitrogens is 2. The lowest BCUT2D eigenvalue weighted by atomic mass is 10.1. The van der Waals surface area contributed by atoms with Gasteiger partial charge in [0, 0.05) is 18.5 Å². The average molecular weight is 397 g/mol. The number of aliphatic hydroxyl groups is 2. The Bertz CT molecular complexity index is 1040. The second-order valence-corrected chi connectivity index (χ2v) is 6.44. The molecule has 1 heterocycles. The van der Waals surface area contributed by atoms with Gasteiger partial charge < -0.3 is 19.8 Å². The largest absolute Gasteiger partial charge is 0.497 e. The SMILES string of the molecule is COc1ccc(Cn2nc(C(=O)N(CCO)CCO)c(=O)c3ccccc32)cc1. The van der Waals surface area contributed by atoms with Crippen LogP contribution in [0.2, 0.25) is 0 Å². The van der Waals surface area contributed by atoms with E-state index < -0.39 is 11.3 Å². The Labute approximate surface area is 167 Å². The molecule has 0 atom stereocenters. The second-order valence-electron chi connectivity index (χ2n) is 6.44. The minimum absolute atomic E-state index is 0.00577. The quantitative estimate of drug-likeness (QED) is 0.585. The standard InChI is InChI=1S/C21H23N3O5/c1-29-16-8-6-15(7-9-16)14-24-18-5-3-2-4-17(18)20(27)19(22-24)21(28)23(10-12-25)11-13-26/h2-9,25-26H,10-14H2,1H3. The van der Waals surface area contributed by atoms with Crippen LogP contribution in [0.3, 0.4) is 0 Å². The number of aliphatic hydroxyl groups excluding tert-OH is 2. The lowest BCUT2D eigenvalue weighted by Crippen LogP contribution is -2.39. The zero-order valence-electron chi connectivity index (χ0n) is 16.1. The second kappa shape index (κ2) is 9.31. The fraction of sp³-hybridized carbons (Fsp3) is 0.286. The third-order valence-corrected chi connectivity index (χ3v) is 4.58. The lowest BCUT2D eigenvalue weighted by molar-refractivity contribution is 0.0675. The maximum absolute atomic E-state index is 12.9. The first-order chi connectivity index (χ1) is 14.1. The molecule has 0 unspecified atom stereocenters. The molecule has 1 amide bonds. The average Bonchev–Trinajstić information content (AvgIpc) is 2.75. The number of nitrogens with zero attached hydrogens (tertiary/aromatic N) is 3. The van der Waals surface area contributed by atoms with Crippen molar-refractivity contribution in [2.75, 3.05) is 33.4 Å². The molecule has 29 heavy (non-hydrogen) atoms. The highest BCUT2D eigenvalue weighted by Gasteiger charge is 2.22. The summed E-state index contributed by atoms with van der Waals surface area (Å²) in [5.74, 6) is 0.110. The van der Waals surface area contributed by atoms with E-state index >= 15 is 0 Å². The number of hydrogen-bond acceptors (Lipinski definition) is 6. The van der Waals surface area contributed by atoms with E-state index in [2.05, 4.69) is 5.10 Å². The predicted octanol–water partition coefficient (Wildman–Crippen LogP) is 0.880. The number of hydrogen-bond donors (Lipinski definition) is 2. The van der Waals surface area contributed by atoms with E-state index in [0.29, 0.717) is 17.4 Å². The highest BCUT2D eigenvalue weighted by molar-refractivity contribution is 5.95. The molecule has 0 radical (unpaired) electrons. The summed E-state index contributed by atoms with van der Waals surface area (Å²) in [4.78, 5) is 27.0. The van der Waals surface area contributed by atoms with Crippen molar-refractivity contribution in [1.29, 1.82) is 0 Å². The molecular formula is C21H23N3O5. The highest BCUT2D eigenvalue weighted by atomic mass is 16.5. The number of carbonyl (C=O) groups is 1. The van der Waals surface area contributed by atoms with E-state index in [-0.39, 0.29) is 32.0 Å². The fourth-order valence-electron chi connectivity index (χ4n) is 3.11. The summed E-state index contributed by atoms with van der Waals surface area (Å²) >= 11 is 0. The molecule has 152 valence electrons. The predicted molar refractivity (Wildman–Crippen MR) is 108 cm³/mol. The molecule has 0 aliphatic heterocycles. The van der Waals surface area contributed by atoms with Gasteiger partial charge in [-0.15, -0.1) is 0 Å². The summed E-state index contributed by atoms with van der Waals surface area (Å²) in [6, 6.07) is 14.4. The molecule has 0 saturated carbocycles. The van der Waals surface area contributed by atoms with Crippen molar-refractivity contribution in [3.63, 3.8) is 0 Å². The summed E-state index contributed by atoms with van der Waals surface area (Å²) in [5, 5.41) is 23.1. The molecule has 0 fully saturated rings. The van der Waals surface area contributed by atoms with E-state index in [9.17, 15) is 19.8 Å². The Morgan fingerprint density at radius 3 is 2.34 bits per heavy atom. The number of carbonyl (C=O) groups excluding carboxylic acids is 1. The zero-order chi connectivity index (χ0) is 20.8. The molecule has 8 nitrogen and oxygen atoms in total. The lowest BCUT2D eigenvalue weighted by Gasteiger charge is -2.20. The van der Waals surface area contributed by atoms with Gasteiger partial charge in [-0.05, 0) is 29.8 Å². The molecule has 0 spiro atoms. The van der Waals surface area contributed by atoms with Gasteiger partial charge >= 0.3 is 0 Å². The van der Waals surface area contributed by atoms with Crippen molar-refractivity contribution in [2.24, 2.45) is 0 Å².